The first-order valence-electron chi connectivity index (χ1n) is 8.46. The van der Waals surface area contributed by atoms with E-state index in [-0.39, 0.29) is 5.97 Å². The van der Waals surface area contributed by atoms with Crippen molar-refractivity contribution in [3.05, 3.63) is 71.5 Å². The van der Waals surface area contributed by atoms with Crippen molar-refractivity contribution in [3.8, 4) is 11.4 Å². The van der Waals surface area contributed by atoms with E-state index in [1.54, 1.807) is 30.1 Å². The van der Waals surface area contributed by atoms with Gasteiger partial charge in [0.15, 0.2) is 0 Å². The number of aromatic nitrogens is 2. The van der Waals surface area contributed by atoms with E-state index < -0.39 is 0 Å². The lowest BCUT2D eigenvalue weighted by atomic mass is 10.1. The van der Waals surface area contributed by atoms with E-state index in [1.807, 2.05) is 50.4 Å². The number of esters is 1. The van der Waals surface area contributed by atoms with E-state index in [9.17, 15) is 4.79 Å². The highest BCUT2D eigenvalue weighted by Gasteiger charge is 2.10. The summed E-state index contributed by atoms with van der Waals surface area (Å²) in [6.07, 6.45) is 3.68. The molecule has 0 saturated heterocycles. The van der Waals surface area contributed by atoms with E-state index in [2.05, 4.69) is 10.1 Å². The van der Waals surface area contributed by atoms with E-state index in [4.69, 9.17) is 9.47 Å². The van der Waals surface area contributed by atoms with Gasteiger partial charge in [-0.15, -0.1) is 0 Å². The van der Waals surface area contributed by atoms with Crippen molar-refractivity contribution < 1.29 is 14.3 Å². The topological polar surface area (TPSA) is 65.7 Å². The van der Waals surface area contributed by atoms with Gasteiger partial charge in [0.25, 0.3) is 0 Å². The zero-order valence-electron chi connectivity index (χ0n) is 15.8. The molecule has 1 aromatic heterocycles. The van der Waals surface area contributed by atoms with E-state index in [1.165, 1.54) is 7.11 Å². The summed E-state index contributed by atoms with van der Waals surface area (Å²) in [6, 6.07) is 13.0. The first-order chi connectivity index (χ1) is 13.0. The number of carbonyl (C=O) groups is 1. The molecule has 0 spiro atoms. The number of ether oxygens (including phenoxy) is 2. The van der Waals surface area contributed by atoms with Crippen LogP contribution in [-0.2, 0) is 4.74 Å². The van der Waals surface area contributed by atoms with Crippen molar-refractivity contribution in [3.63, 3.8) is 0 Å². The molecule has 27 heavy (non-hydrogen) atoms. The number of benzene rings is 2. The van der Waals surface area contributed by atoms with Crippen LogP contribution in [0, 0.1) is 6.92 Å². The van der Waals surface area contributed by atoms with Crippen LogP contribution in [0.3, 0.4) is 0 Å². The molecule has 138 valence electrons. The maximum absolute atomic E-state index is 11.6. The van der Waals surface area contributed by atoms with Gasteiger partial charge in [-0.3, -0.25) is 4.99 Å². The molecule has 3 aromatic rings. The third-order valence-electron chi connectivity index (χ3n) is 4.24. The molecule has 0 fully saturated rings. The summed E-state index contributed by atoms with van der Waals surface area (Å²) in [4.78, 5) is 16.3. The summed E-state index contributed by atoms with van der Waals surface area (Å²) in [7, 11) is 3.00. The zero-order chi connectivity index (χ0) is 19.4. The van der Waals surface area contributed by atoms with Gasteiger partial charge in [-0.05, 0) is 49.7 Å². The molecule has 0 aliphatic carbocycles. The maximum atomic E-state index is 11.6. The van der Waals surface area contributed by atoms with Gasteiger partial charge in [-0.2, -0.15) is 5.10 Å². The maximum Gasteiger partial charge on any atom is 0.337 e. The lowest BCUT2D eigenvalue weighted by molar-refractivity contribution is 0.0600. The number of para-hydroxylation sites is 2. The van der Waals surface area contributed by atoms with Crippen molar-refractivity contribution in [2.45, 2.75) is 13.8 Å². The van der Waals surface area contributed by atoms with Crippen molar-refractivity contribution >= 4 is 17.4 Å². The largest absolute Gasteiger partial charge is 0.494 e. The van der Waals surface area contributed by atoms with Gasteiger partial charge in [0, 0.05) is 17.5 Å². The van der Waals surface area contributed by atoms with Crippen LogP contribution in [-0.4, -0.2) is 35.7 Å². The molecular formula is C21H21N3O3. The smallest absolute Gasteiger partial charge is 0.337 e. The van der Waals surface area contributed by atoms with Crippen molar-refractivity contribution in [1.29, 1.82) is 0 Å². The van der Waals surface area contributed by atoms with Crippen LogP contribution in [0.5, 0.6) is 5.75 Å². The van der Waals surface area contributed by atoms with Gasteiger partial charge in [0.2, 0.25) is 0 Å². The van der Waals surface area contributed by atoms with Gasteiger partial charge >= 0.3 is 5.97 Å². The molecule has 0 aliphatic rings. The molecule has 6 nitrogen and oxygen atoms in total. The molecule has 6 heteroatoms. The standard InChI is InChI=1S/C21H21N3O3/c1-14-11-16(21(25)27-4)9-10-18(14)23-15(2)17-12-22-24(13-17)19-7-5-6-8-20(19)26-3/h5-13H,1-4H3. The van der Waals surface area contributed by atoms with Crippen molar-refractivity contribution in [2.75, 3.05) is 14.2 Å². The average Bonchev–Trinajstić information content (AvgIpc) is 3.19. The van der Waals surface area contributed by atoms with Crippen LogP contribution in [0.1, 0.15) is 28.4 Å². The predicted molar refractivity (Wildman–Crippen MR) is 105 cm³/mol. The second-order valence-electron chi connectivity index (χ2n) is 6.04. The fourth-order valence-corrected chi connectivity index (χ4v) is 2.73. The number of carbonyl (C=O) groups excluding carboxylic acids is 1. The van der Waals surface area contributed by atoms with Gasteiger partial charge in [0.05, 0.1) is 31.7 Å². The Morgan fingerprint density at radius 3 is 2.59 bits per heavy atom. The van der Waals surface area contributed by atoms with Crippen molar-refractivity contribution in [2.24, 2.45) is 4.99 Å². The van der Waals surface area contributed by atoms with E-state index >= 15 is 0 Å². The van der Waals surface area contributed by atoms with Crippen molar-refractivity contribution in [1.82, 2.24) is 9.78 Å². The minimum atomic E-state index is -0.358. The Kier molecular flexibility index (Phi) is 5.35. The zero-order valence-corrected chi connectivity index (χ0v) is 15.8. The number of aryl methyl sites for hydroxylation is 1. The molecule has 0 N–H and O–H groups in total. The molecule has 0 bridgehead atoms. The molecule has 3 rings (SSSR count). The molecule has 2 aromatic carbocycles. The first-order valence-corrected chi connectivity index (χ1v) is 8.46. The highest BCUT2D eigenvalue weighted by molar-refractivity contribution is 6.00. The summed E-state index contributed by atoms with van der Waals surface area (Å²) < 4.78 is 11.9. The Balaban J connectivity index is 1.90. The molecule has 0 saturated carbocycles. The number of rotatable bonds is 5. The molecule has 0 unspecified atom stereocenters. The minimum Gasteiger partial charge on any atom is -0.494 e. The van der Waals surface area contributed by atoms with Gasteiger partial charge in [-0.25, -0.2) is 9.48 Å². The Bertz CT molecular complexity index is 1010. The quantitative estimate of drug-likeness (QED) is 0.505. The highest BCUT2D eigenvalue weighted by atomic mass is 16.5. The van der Waals surface area contributed by atoms with Crippen LogP contribution in [0.4, 0.5) is 5.69 Å². The molecule has 0 amide bonds. The number of hydrogen-bond acceptors (Lipinski definition) is 5. The first kappa shape index (κ1) is 18.4. The van der Waals surface area contributed by atoms with Gasteiger partial charge in [-0.1, -0.05) is 12.1 Å². The van der Waals surface area contributed by atoms with Gasteiger partial charge < -0.3 is 9.47 Å². The summed E-state index contributed by atoms with van der Waals surface area (Å²) in [5, 5.41) is 4.42. The molecule has 0 atom stereocenters. The Morgan fingerprint density at radius 1 is 1.11 bits per heavy atom. The predicted octanol–water partition coefficient (Wildman–Crippen LogP) is 4.12. The fourth-order valence-electron chi connectivity index (χ4n) is 2.73. The third-order valence-corrected chi connectivity index (χ3v) is 4.24. The van der Waals surface area contributed by atoms with Crippen LogP contribution in [0.2, 0.25) is 0 Å². The fraction of sp³-hybridized carbons (Fsp3) is 0.190. The summed E-state index contributed by atoms with van der Waals surface area (Å²) in [5.41, 5.74) is 4.79. The summed E-state index contributed by atoms with van der Waals surface area (Å²) in [6.45, 7) is 3.84. The third kappa shape index (κ3) is 3.89. The van der Waals surface area contributed by atoms with Gasteiger partial charge in [0.1, 0.15) is 11.4 Å². The molecule has 1 heterocycles. The van der Waals surface area contributed by atoms with Crippen LogP contribution >= 0.6 is 0 Å². The van der Waals surface area contributed by atoms with E-state index in [0.717, 1.165) is 34.0 Å². The Labute approximate surface area is 158 Å². The Morgan fingerprint density at radius 2 is 1.89 bits per heavy atom. The lowest BCUT2D eigenvalue weighted by Crippen LogP contribution is -2.01. The van der Waals surface area contributed by atoms with E-state index in [0.29, 0.717) is 5.56 Å². The number of hydrogen-bond donors (Lipinski definition) is 0. The van der Waals surface area contributed by atoms with Crippen LogP contribution < -0.4 is 4.74 Å². The molecule has 0 radical (unpaired) electrons. The van der Waals surface area contributed by atoms with Crippen LogP contribution in [0.15, 0.2) is 59.9 Å². The number of aliphatic imine (C=N–C) groups is 1. The number of nitrogens with zero attached hydrogens (tertiary/aromatic N) is 3. The number of methoxy groups -OCH3 is 2. The monoisotopic (exact) mass is 363 g/mol. The summed E-state index contributed by atoms with van der Waals surface area (Å²) in [5.74, 6) is 0.388. The normalized spacial score (nSPS) is 11.3. The second kappa shape index (κ2) is 7.86. The highest BCUT2D eigenvalue weighted by Crippen LogP contribution is 2.24. The summed E-state index contributed by atoms with van der Waals surface area (Å²) >= 11 is 0. The SMILES string of the molecule is COC(=O)c1ccc(N=C(C)c2cnn(-c3ccccc3OC)c2)c(C)c1. The molecule has 0 aliphatic heterocycles. The van der Waals surface area contributed by atoms with Crippen LogP contribution in [0.25, 0.3) is 5.69 Å². The average molecular weight is 363 g/mol. The second-order valence-corrected chi connectivity index (χ2v) is 6.04. The lowest BCUT2D eigenvalue weighted by Gasteiger charge is -2.07. The Hall–Kier alpha value is -3.41. The molecular weight excluding hydrogens is 342 g/mol. The minimum absolute atomic E-state index is 0.358.